The van der Waals surface area contributed by atoms with E-state index >= 15 is 0 Å². The fourth-order valence-electron chi connectivity index (χ4n) is 6.76. The van der Waals surface area contributed by atoms with Crippen LogP contribution >= 0.6 is 23.2 Å². The molecule has 12 heteroatoms. The predicted molar refractivity (Wildman–Crippen MR) is 199 cm³/mol. The second kappa shape index (κ2) is 18.6. The van der Waals surface area contributed by atoms with Crippen LogP contribution in [-0.4, -0.2) is 85.9 Å². The van der Waals surface area contributed by atoms with Gasteiger partial charge in [-0.3, -0.25) is 9.59 Å². The Hall–Kier alpha value is -3.12. The first-order valence-electron chi connectivity index (χ1n) is 17.8. The first-order chi connectivity index (χ1) is 24.6. The normalized spacial score (nSPS) is 18.8. The molecule has 3 aromatic rings. The molecule has 2 atom stereocenters. The molecule has 1 aliphatic heterocycles. The smallest absolute Gasteiger partial charge is 0.250 e. The minimum Gasteiger partial charge on any atom is -0.491 e. The van der Waals surface area contributed by atoms with Crippen LogP contribution in [0.15, 0.2) is 53.5 Å². The molecule has 2 unspecified atom stereocenters. The summed E-state index contributed by atoms with van der Waals surface area (Å²) in [5, 5.41) is 16.4. The molecule has 2 fully saturated rings. The molecule has 1 saturated carbocycles. The summed E-state index contributed by atoms with van der Waals surface area (Å²) in [6.45, 7) is 5.64. The number of benzene rings is 2. The quantitative estimate of drug-likeness (QED) is 0.153. The third-order valence-corrected chi connectivity index (χ3v) is 10.1. The topological polar surface area (TPSA) is 111 Å². The number of carbonyl (C=O) groups is 1. The number of nitrogens with one attached hydrogen (secondary N) is 1. The molecule has 278 valence electrons. The summed E-state index contributed by atoms with van der Waals surface area (Å²) in [7, 11) is 3.34. The number of halogens is 2. The molecule has 2 N–H and O–H groups in total. The molecule has 1 aromatic heterocycles. The lowest BCUT2D eigenvalue weighted by molar-refractivity contribution is -0.149. The number of carbonyl (C=O) groups excluding carboxylic acids is 1. The number of aliphatic hydroxyl groups is 1. The van der Waals surface area contributed by atoms with Crippen LogP contribution in [0.25, 0.3) is 0 Å². The van der Waals surface area contributed by atoms with Crippen LogP contribution in [0.1, 0.15) is 54.4 Å². The fourth-order valence-corrected chi connectivity index (χ4v) is 7.46. The fraction of sp³-hybridized carbons (Fsp3) is 0.538. The standard InChI is InChI=1S/C39H51Cl2N3O7/c1-27-18-34(40)37(35(41)19-27)51-15-5-12-43-13-9-29(23-36(43)45)24-39(47)10-11-42-25-33(39)38(46)44(31-7-8-31)26-30-20-28(6-4-14-48-2)21-32(22-30)50-17-16-49-3/h9,13,18-23,31,33,42,47H,4-8,10-12,14-17,24-26H2,1-3H3. The Morgan fingerprint density at radius 2 is 1.71 bits per heavy atom. The molecular formula is C39H51Cl2N3O7. The van der Waals surface area contributed by atoms with Crippen LogP contribution in [0.2, 0.25) is 10.0 Å². The van der Waals surface area contributed by atoms with E-state index in [1.165, 1.54) is 0 Å². The van der Waals surface area contributed by atoms with Crippen LogP contribution in [-0.2, 0) is 40.2 Å². The Balaban J connectivity index is 1.25. The number of hydrogen-bond acceptors (Lipinski definition) is 8. The Morgan fingerprint density at radius 3 is 2.41 bits per heavy atom. The summed E-state index contributed by atoms with van der Waals surface area (Å²) < 4.78 is 23.9. The molecular weight excluding hydrogens is 693 g/mol. The molecule has 2 aromatic carbocycles. The molecule has 1 saturated heterocycles. The number of aryl methyl sites for hydroxylation is 3. The average Bonchev–Trinajstić information content (AvgIpc) is 3.93. The summed E-state index contributed by atoms with van der Waals surface area (Å²) in [5.41, 5.74) is 2.29. The Bertz CT molecular complexity index is 1630. The van der Waals surface area contributed by atoms with Gasteiger partial charge in [0, 0.05) is 65.2 Å². The van der Waals surface area contributed by atoms with Crippen LogP contribution in [0.5, 0.6) is 11.5 Å². The van der Waals surface area contributed by atoms with Gasteiger partial charge >= 0.3 is 0 Å². The zero-order chi connectivity index (χ0) is 36.4. The number of rotatable bonds is 19. The molecule has 2 heterocycles. The van der Waals surface area contributed by atoms with Gasteiger partial charge < -0.3 is 38.8 Å². The van der Waals surface area contributed by atoms with Crippen LogP contribution in [0.4, 0.5) is 0 Å². The molecule has 1 amide bonds. The van der Waals surface area contributed by atoms with Gasteiger partial charge in [0.05, 0.1) is 34.8 Å². The van der Waals surface area contributed by atoms with Crippen molar-refractivity contribution in [2.45, 2.75) is 76.6 Å². The number of pyridine rings is 1. The van der Waals surface area contributed by atoms with E-state index in [9.17, 15) is 14.7 Å². The van der Waals surface area contributed by atoms with Gasteiger partial charge in [-0.25, -0.2) is 0 Å². The molecule has 0 bridgehead atoms. The highest BCUT2D eigenvalue weighted by Crippen LogP contribution is 2.36. The van der Waals surface area contributed by atoms with Gasteiger partial charge in [-0.15, -0.1) is 0 Å². The minimum absolute atomic E-state index is 0.0686. The summed E-state index contributed by atoms with van der Waals surface area (Å²) in [6.07, 6.45) is 6.50. The number of ether oxygens (including phenoxy) is 4. The highest BCUT2D eigenvalue weighted by molar-refractivity contribution is 6.37. The van der Waals surface area contributed by atoms with E-state index in [2.05, 4.69) is 11.4 Å². The van der Waals surface area contributed by atoms with Gasteiger partial charge in [0.25, 0.3) is 5.56 Å². The van der Waals surface area contributed by atoms with Crippen LogP contribution in [0, 0.1) is 12.8 Å². The van der Waals surface area contributed by atoms with E-state index in [0.717, 1.165) is 48.1 Å². The first-order valence-corrected chi connectivity index (χ1v) is 18.6. The molecule has 0 radical (unpaired) electrons. The van der Waals surface area contributed by atoms with Crippen molar-refractivity contribution in [1.29, 1.82) is 0 Å². The van der Waals surface area contributed by atoms with E-state index in [-0.39, 0.29) is 23.9 Å². The molecule has 0 spiro atoms. The summed E-state index contributed by atoms with van der Waals surface area (Å²) >= 11 is 12.6. The van der Waals surface area contributed by atoms with E-state index in [4.69, 9.17) is 42.1 Å². The zero-order valence-corrected chi connectivity index (χ0v) is 31.4. The van der Waals surface area contributed by atoms with Crippen LogP contribution < -0.4 is 20.3 Å². The zero-order valence-electron chi connectivity index (χ0n) is 29.9. The largest absolute Gasteiger partial charge is 0.491 e. The Morgan fingerprint density at radius 1 is 0.961 bits per heavy atom. The van der Waals surface area contributed by atoms with Crippen molar-refractivity contribution >= 4 is 29.1 Å². The molecule has 51 heavy (non-hydrogen) atoms. The third-order valence-electron chi connectivity index (χ3n) is 9.55. The van der Waals surface area contributed by atoms with Crippen molar-refractivity contribution in [3.63, 3.8) is 0 Å². The number of amides is 1. The second-order valence-electron chi connectivity index (χ2n) is 13.7. The van der Waals surface area contributed by atoms with Crippen molar-refractivity contribution in [2.24, 2.45) is 5.92 Å². The lowest BCUT2D eigenvalue weighted by atomic mass is 9.76. The number of nitrogens with zero attached hydrogens (tertiary/aromatic N) is 2. The number of piperidine rings is 1. The van der Waals surface area contributed by atoms with E-state index in [1.807, 2.05) is 30.0 Å². The van der Waals surface area contributed by atoms with Crippen molar-refractivity contribution in [3.05, 3.63) is 91.3 Å². The molecule has 5 rings (SSSR count). The van der Waals surface area contributed by atoms with Crippen molar-refractivity contribution < 1.29 is 28.8 Å². The molecule has 10 nitrogen and oxygen atoms in total. The minimum atomic E-state index is -1.30. The van der Waals surface area contributed by atoms with Gasteiger partial charge in [-0.05, 0) is 105 Å². The van der Waals surface area contributed by atoms with E-state index in [1.54, 1.807) is 43.2 Å². The maximum absolute atomic E-state index is 14.4. The van der Waals surface area contributed by atoms with Gasteiger partial charge in [-0.2, -0.15) is 0 Å². The maximum atomic E-state index is 14.4. The van der Waals surface area contributed by atoms with Gasteiger partial charge in [0.1, 0.15) is 12.4 Å². The predicted octanol–water partition coefficient (Wildman–Crippen LogP) is 5.61. The second-order valence-corrected chi connectivity index (χ2v) is 14.5. The van der Waals surface area contributed by atoms with E-state index < -0.39 is 11.5 Å². The SMILES string of the molecule is COCCCc1cc(CN(C(=O)C2CNCCC2(O)Cc2ccn(CCCOc3c(Cl)cc(C)cc3Cl)c(=O)c2)C2CC2)cc(OCCOC)c1. The number of aromatic nitrogens is 1. The summed E-state index contributed by atoms with van der Waals surface area (Å²) in [6, 6.07) is 13.3. The van der Waals surface area contributed by atoms with E-state index in [0.29, 0.717) is 86.8 Å². The summed E-state index contributed by atoms with van der Waals surface area (Å²) in [5.74, 6) is 0.461. The van der Waals surface area contributed by atoms with Crippen molar-refractivity contribution in [1.82, 2.24) is 14.8 Å². The van der Waals surface area contributed by atoms with Gasteiger partial charge in [-0.1, -0.05) is 29.3 Å². The lowest BCUT2D eigenvalue weighted by Crippen LogP contribution is -2.58. The molecule has 2 aliphatic rings. The van der Waals surface area contributed by atoms with Crippen molar-refractivity contribution in [3.8, 4) is 11.5 Å². The Labute approximate surface area is 310 Å². The third kappa shape index (κ3) is 10.9. The maximum Gasteiger partial charge on any atom is 0.250 e. The molecule has 1 aliphatic carbocycles. The lowest BCUT2D eigenvalue weighted by Gasteiger charge is -2.42. The number of hydrogen-bond donors (Lipinski definition) is 2. The van der Waals surface area contributed by atoms with Gasteiger partial charge in [0.2, 0.25) is 5.91 Å². The average molecular weight is 745 g/mol. The van der Waals surface area contributed by atoms with Gasteiger partial charge in [0.15, 0.2) is 5.75 Å². The highest BCUT2D eigenvalue weighted by Gasteiger charge is 2.47. The number of methoxy groups -OCH3 is 2. The first kappa shape index (κ1) is 39.1. The van der Waals surface area contributed by atoms with Crippen molar-refractivity contribution in [2.75, 3.05) is 53.7 Å². The Kier molecular flexibility index (Phi) is 14.2. The summed E-state index contributed by atoms with van der Waals surface area (Å²) in [4.78, 5) is 29.4. The monoisotopic (exact) mass is 743 g/mol. The highest BCUT2D eigenvalue weighted by atomic mass is 35.5. The van der Waals surface area contributed by atoms with Crippen LogP contribution in [0.3, 0.4) is 0 Å².